The maximum atomic E-state index is 13.0. The van der Waals surface area contributed by atoms with E-state index in [0.717, 1.165) is 56.3 Å². The van der Waals surface area contributed by atoms with Crippen LogP contribution in [0.3, 0.4) is 0 Å². The molecule has 3 N–H and O–H groups in total. The first-order valence-electron chi connectivity index (χ1n) is 11.9. The molecule has 5 amide bonds. The maximum absolute atomic E-state index is 13.0. The lowest BCUT2D eigenvalue weighted by Gasteiger charge is -2.35. The third-order valence-corrected chi connectivity index (χ3v) is 6.84. The standard InChI is InChI=1S/C23H38N4O5/c1-16(27-18(29)23(25-19(27)30)13-9-10-14-23)17(28)24-15-22(11-7-5-6-8-12-22)26-20(31)32-21(2,3)4/h16H,5-15H2,1-4H3,(H,24,28)(H,25,30)(H,26,31). The first kappa shape index (κ1) is 24.3. The van der Waals surface area contributed by atoms with Crippen LogP contribution in [0.2, 0.25) is 0 Å². The minimum atomic E-state index is -0.924. The molecule has 3 fully saturated rings. The highest BCUT2D eigenvalue weighted by molar-refractivity contribution is 6.09. The molecule has 1 atom stereocenters. The van der Waals surface area contributed by atoms with Gasteiger partial charge in [-0.15, -0.1) is 0 Å². The molecule has 0 aromatic rings. The Labute approximate surface area is 190 Å². The molecule has 9 heteroatoms. The van der Waals surface area contributed by atoms with Gasteiger partial charge in [-0.2, -0.15) is 0 Å². The fraction of sp³-hybridized carbons (Fsp3) is 0.826. The summed E-state index contributed by atoms with van der Waals surface area (Å²) >= 11 is 0. The van der Waals surface area contributed by atoms with Crippen molar-refractivity contribution in [1.29, 1.82) is 0 Å². The number of carbonyl (C=O) groups is 4. The Kier molecular flexibility index (Phi) is 7.05. The van der Waals surface area contributed by atoms with Gasteiger partial charge >= 0.3 is 12.1 Å². The van der Waals surface area contributed by atoms with Crippen molar-refractivity contribution in [3.8, 4) is 0 Å². The fourth-order valence-corrected chi connectivity index (χ4v) is 5.10. The van der Waals surface area contributed by atoms with E-state index in [4.69, 9.17) is 4.74 Å². The Morgan fingerprint density at radius 2 is 1.59 bits per heavy atom. The van der Waals surface area contributed by atoms with Crippen molar-refractivity contribution in [2.75, 3.05) is 6.54 Å². The van der Waals surface area contributed by atoms with Gasteiger partial charge in [0.05, 0.1) is 5.54 Å². The van der Waals surface area contributed by atoms with E-state index in [1.54, 1.807) is 6.92 Å². The van der Waals surface area contributed by atoms with Crippen molar-refractivity contribution in [2.24, 2.45) is 0 Å². The van der Waals surface area contributed by atoms with Gasteiger partial charge in [0.15, 0.2) is 0 Å². The zero-order valence-corrected chi connectivity index (χ0v) is 19.8. The summed E-state index contributed by atoms with van der Waals surface area (Å²) in [5.41, 5.74) is -2.07. The molecule has 0 aromatic heterocycles. The number of hydrogen-bond donors (Lipinski definition) is 3. The Balaban J connectivity index is 1.66. The van der Waals surface area contributed by atoms with Gasteiger partial charge in [-0.3, -0.25) is 9.59 Å². The summed E-state index contributed by atoms with van der Waals surface area (Å²) < 4.78 is 5.45. The Morgan fingerprint density at radius 3 is 2.16 bits per heavy atom. The SMILES string of the molecule is CC(C(=O)NCC1(NC(=O)OC(C)(C)C)CCCCCC1)N1C(=O)NC2(CCCC2)C1=O. The molecule has 2 aliphatic carbocycles. The van der Waals surface area contributed by atoms with E-state index >= 15 is 0 Å². The van der Waals surface area contributed by atoms with Crippen molar-refractivity contribution in [1.82, 2.24) is 20.9 Å². The number of rotatable bonds is 5. The average molecular weight is 451 g/mol. The highest BCUT2D eigenvalue weighted by atomic mass is 16.6. The molecular weight excluding hydrogens is 412 g/mol. The number of amides is 5. The van der Waals surface area contributed by atoms with E-state index in [-0.39, 0.29) is 12.5 Å². The number of ether oxygens (including phenoxy) is 1. The van der Waals surface area contributed by atoms with Crippen LogP contribution in [0.5, 0.6) is 0 Å². The van der Waals surface area contributed by atoms with Crippen molar-refractivity contribution >= 4 is 23.9 Å². The highest BCUT2D eigenvalue weighted by Crippen LogP contribution is 2.36. The first-order chi connectivity index (χ1) is 15.0. The van der Waals surface area contributed by atoms with Crippen molar-refractivity contribution in [2.45, 2.75) is 115 Å². The Bertz CT molecular complexity index is 746. The van der Waals surface area contributed by atoms with E-state index in [2.05, 4.69) is 16.0 Å². The summed E-state index contributed by atoms with van der Waals surface area (Å²) in [5, 5.41) is 8.73. The predicted octanol–water partition coefficient (Wildman–Crippen LogP) is 2.97. The topological polar surface area (TPSA) is 117 Å². The van der Waals surface area contributed by atoms with E-state index in [1.165, 1.54) is 0 Å². The number of alkyl carbamates (subject to hydrolysis) is 1. The first-order valence-corrected chi connectivity index (χ1v) is 11.9. The Hall–Kier alpha value is -2.32. The Morgan fingerprint density at radius 1 is 1.03 bits per heavy atom. The highest BCUT2D eigenvalue weighted by Gasteiger charge is 2.54. The lowest BCUT2D eigenvalue weighted by atomic mass is 9.90. The molecule has 180 valence electrons. The number of carbonyl (C=O) groups excluding carboxylic acids is 4. The molecular formula is C23H38N4O5. The van der Waals surface area contributed by atoms with Gasteiger partial charge < -0.3 is 20.7 Å². The summed E-state index contributed by atoms with van der Waals surface area (Å²) in [6, 6.07) is -1.43. The van der Waals surface area contributed by atoms with Crippen molar-refractivity contribution in [3.63, 3.8) is 0 Å². The van der Waals surface area contributed by atoms with E-state index < -0.39 is 40.8 Å². The second-order valence-corrected chi connectivity index (χ2v) is 10.6. The number of imide groups is 1. The van der Waals surface area contributed by atoms with Crippen LogP contribution in [0.25, 0.3) is 0 Å². The number of nitrogens with one attached hydrogen (secondary N) is 3. The van der Waals surface area contributed by atoms with Gasteiger partial charge in [-0.1, -0.05) is 38.5 Å². The molecule has 3 rings (SSSR count). The molecule has 0 radical (unpaired) electrons. The smallest absolute Gasteiger partial charge is 0.408 e. The molecule has 0 aromatic carbocycles. The summed E-state index contributed by atoms with van der Waals surface area (Å²) in [7, 11) is 0. The van der Waals surface area contributed by atoms with Crippen LogP contribution >= 0.6 is 0 Å². The van der Waals surface area contributed by atoms with Gasteiger partial charge in [0.2, 0.25) is 5.91 Å². The van der Waals surface area contributed by atoms with Crippen LogP contribution < -0.4 is 16.0 Å². The fourth-order valence-electron chi connectivity index (χ4n) is 5.10. The molecule has 1 heterocycles. The molecule has 2 saturated carbocycles. The minimum Gasteiger partial charge on any atom is -0.444 e. The number of nitrogens with zero attached hydrogens (tertiary/aromatic N) is 1. The molecule has 0 bridgehead atoms. The molecule has 1 aliphatic heterocycles. The maximum Gasteiger partial charge on any atom is 0.408 e. The zero-order valence-electron chi connectivity index (χ0n) is 19.8. The van der Waals surface area contributed by atoms with Crippen LogP contribution in [0, 0.1) is 0 Å². The second kappa shape index (κ2) is 9.27. The van der Waals surface area contributed by atoms with Gasteiger partial charge in [-0.05, 0) is 53.4 Å². The van der Waals surface area contributed by atoms with Crippen LogP contribution in [0.4, 0.5) is 9.59 Å². The van der Waals surface area contributed by atoms with E-state index in [1.807, 2.05) is 20.8 Å². The van der Waals surface area contributed by atoms with Crippen molar-refractivity contribution < 1.29 is 23.9 Å². The van der Waals surface area contributed by atoms with E-state index in [0.29, 0.717) is 12.8 Å². The summed E-state index contributed by atoms with van der Waals surface area (Å²) in [6.07, 6.45) is 8.00. The number of urea groups is 1. The molecule has 1 unspecified atom stereocenters. The molecule has 1 spiro atoms. The summed E-state index contributed by atoms with van der Waals surface area (Å²) in [6.45, 7) is 7.23. The molecule has 3 aliphatic rings. The second-order valence-electron chi connectivity index (χ2n) is 10.6. The average Bonchev–Trinajstić information content (AvgIpc) is 3.16. The van der Waals surface area contributed by atoms with Gasteiger partial charge in [0.25, 0.3) is 5.91 Å². The van der Waals surface area contributed by atoms with Crippen LogP contribution in [-0.4, -0.2) is 58.1 Å². The lowest BCUT2D eigenvalue weighted by Crippen LogP contribution is -2.58. The lowest BCUT2D eigenvalue weighted by molar-refractivity contribution is -0.137. The summed E-state index contributed by atoms with van der Waals surface area (Å²) in [4.78, 5) is 52.0. The predicted molar refractivity (Wildman–Crippen MR) is 119 cm³/mol. The van der Waals surface area contributed by atoms with E-state index in [9.17, 15) is 19.2 Å². The van der Waals surface area contributed by atoms with Crippen molar-refractivity contribution in [3.05, 3.63) is 0 Å². The van der Waals surface area contributed by atoms with Crippen LogP contribution in [0.1, 0.15) is 91.9 Å². The minimum absolute atomic E-state index is 0.226. The third-order valence-electron chi connectivity index (χ3n) is 6.84. The van der Waals surface area contributed by atoms with Gasteiger partial charge in [0, 0.05) is 6.54 Å². The van der Waals surface area contributed by atoms with Crippen LogP contribution in [0.15, 0.2) is 0 Å². The molecule has 9 nitrogen and oxygen atoms in total. The number of hydrogen-bond acceptors (Lipinski definition) is 5. The quantitative estimate of drug-likeness (QED) is 0.440. The largest absolute Gasteiger partial charge is 0.444 e. The molecule has 32 heavy (non-hydrogen) atoms. The summed E-state index contributed by atoms with van der Waals surface area (Å²) in [5.74, 6) is -0.711. The van der Waals surface area contributed by atoms with Gasteiger partial charge in [-0.25, -0.2) is 14.5 Å². The molecule has 1 saturated heterocycles. The normalized spacial score (nSPS) is 23.4. The third kappa shape index (κ3) is 5.35. The van der Waals surface area contributed by atoms with Crippen LogP contribution in [-0.2, 0) is 14.3 Å². The van der Waals surface area contributed by atoms with Gasteiger partial charge in [0.1, 0.15) is 17.2 Å². The zero-order chi connectivity index (χ0) is 23.6. The monoisotopic (exact) mass is 450 g/mol.